The molecule has 2 nitrogen and oxygen atoms in total. The summed E-state index contributed by atoms with van der Waals surface area (Å²) in [5, 5.41) is 0. The zero-order valence-corrected chi connectivity index (χ0v) is 11.4. The molecule has 0 amide bonds. The van der Waals surface area contributed by atoms with Crippen LogP contribution in [0.2, 0.25) is 0 Å². The molecular weight excluding hydrogens is 254 g/mol. The van der Waals surface area contributed by atoms with Gasteiger partial charge in [0.25, 0.3) is 0 Å². The Kier molecular flexibility index (Phi) is 3.52. The fourth-order valence-corrected chi connectivity index (χ4v) is 2.77. The molecule has 0 aliphatic carbocycles. The van der Waals surface area contributed by atoms with Crippen molar-refractivity contribution in [2.75, 3.05) is 0 Å². The second kappa shape index (κ2) is 4.80. The predicted molar refractivity (Wildman–Crippen MR) is 71.2 cm³/mol. The third kappa shape index (κ3) is 2.07. The minimum atomic E-state index is -0.603. The minimum Gasteiger partial charge on any atom is -0.328 e. The van der Waals surface area contributed by atoms with E-state index in [1.807, 2.05) is 11.5 Å². The van der Waals surface area contributed by atoms with E-state index in [9.17, 15) is 8.78 Å². The molecule has 1 unspecified atom stereocenters. The summed E-state index contributed by atoms with van der Waals surface area (Å²) >= 11 is 5.24. The van der Waals surface area contributed by atoms with Gasteiger partial charge in [-0.05, 0) is 30.6 Å². The molecule has 0 saturated carbocycles. The normalized spacial score (nSPS) is 13.4. The van der Waals surface area contributed by atoms with E-state index in [-0.39, 0.29) is 11.6 Å². The number of rotatable bonds is 3. The number of fused-ring (bicyclic) bond motifs is 1. The minimum absolute atomic E-state index is 0.132. The van der Waals surface area contributed by atoms with E-state index >= 15 is 0 Å². The molecule has 2 aromatic rings. The van der Waals surface area contributed by atoms with Gasteiger partial charge < -0.3 is 9.55 Å². The number of aromatic nitrogens is 2. The van der Waals surface area contributed by atoms with Crippen LogP contribution < -0.4 is 0 Å². The Labute approximate surface area is 110 Å². The number of halogens is 2. The third-order valence-electron chi connectivity index (χ3n) is 3.26. The van der Waals surface area contributed by atoms with E-state index in [0.29, 0.717) is 16.2 Å². The Bertz CT molecular complexity index is 628. The van der Waals surface area contributed by atoms with Gasteiger partial charge in [-0.1, -0.05) is 20.8 Å². The van der Waals surface area contributed by atoms with Gasteiger partial charge in [0.2, 0.25) is 0 Å². The van der Waals surface area contributed by atoms with Crippen LogP contribution in [0.15, 0.2) is 12.1 Å². The summed E-state index contributed by atoms with van der Waals surface area (Å²) in [5.74, 6) is -0.846. The van der Waals surface area contributed by atoms with Crippen molar-refractivity contribution >= 4 is 23.3 Å². The molecule has 0 spiro atoms. The third-order valence-corrected chi connectivity index (χ3v) is 3.56. The lowest BCUT2D eigenvalue weighted by Gasteiger charge is -2.21. The molecule has 2 rings (SSSR count). The molecule has 1 aromatic carbocycles. The number of aromatic amines is 1. The van der Waals surface area contributed by atoms with Crippen molar-refractivity contribution in [1.29, 1.82) is 0 Å². The van der Waals surface area contributed by atoms with E-state index < -0.39 is 11.6 Å². The molecule has 1 N–H and O–H groups in total. The molecule has 0 saturated heterocycles. The number of nitrogens with zero attached hydrogens (tertiary/aromatic N) is 1. The van der Waals surface area contributed by atoms with Gasteiger partial charge in [0, 0.05) is 12.1 Å². The summed E-state index contributed by atoms with van der Waals surface area (Å²) in [6.45, 7) is 6.19. The van der Waals surface area contributed by atoms with Crippen molar-refractivity contribution in [2.45, 2.75) is 33.2 Å². The summed E-state index contributed by atoms with van der Waals surface area (Å²) < 4.78 is 29.3. The topological polar surface area (TPSA) is 20.7 Å². The Morgan fingerprint density at radius 1 is 1.33 bits per heavy atom. The second-order valence-electron chi connectivity index (χ2n) is 4.80. The summed E-state index contributed by atoms with van der Waals surface area (Å²) in [4.78, 5) is 2.83. The molecule has 0 aliphatic heterocycles. The van der Waals surface area contributed by atoms with Gasteiger partial charge in [-0.2, -0.15) is 0 Å². The highest BCUT2D eigenvalue weighted by atomic mass is 32.1. The van der Waals surface area contributed by atoms with E-state index in [1.54, 1.807) is 0 Å². The molecule has 0 fully saturated rings. The van der Waals surface area contributed by atoms with Crippen LogP contribution in [0, 0.1) is 22.3 Å². The lowest BCUT2D eigenvalue weighted by Crippen LogP contribution is -2.14. The molecule has 98 valence electrons. The van der Waals surface area contributed by atoms with Crippen molar-refractivity contribution in [3.63, 3.8) is 0 Å². The molecular formula is C13H16F2N2S. The molecule has 0 aliphatic rings. The van der Waals surface area contributed by atoms with Gasteiger partial charge in [-0.25, -0.2) is 8.78 Å². The SMILES string of the molecule is CCC(C(C)C)n1c(=S)[nH]c2c(F)cc(F)cc21. The van der Waals surface area contributed by atoms with Crippen LogP contribution in [-0.4, -0.2) is 9.55 Å². The van der Waals surface area contributed by atoms with Crippen LogP contribution in [0.5, 0.6) is 0 Å². The average molecular weight is 270 g/mol. The van der Waals surface area contributed by atoms with Crippen LogP contribution >= 0.6 is 12.2 Å². The fraction of sp³-hybridized carbons (Fsp3) is 0.462. The van der Waals surface area contributed by atoms with Crippen molar-refractivity contribution < 1.29 is 8.78 Å². The second-order valence-corrected chi connectivity index (χ2v) is 5.19. The van der Waals surface area contributed by atoms with Gasteiger partial charge in [0.1, 0.15) is 11.3 Å². The molecule has 0 radical (unpaired) electrons. The highest BCUT2D eigenvalue weighted by Gasteiger charge is 2.19. The molecule has 1 atom stereocenters. The highest BCUT2D eigenvalue weighted by Crippen LogP contribution is 2.28. The highest BCUT2D eigenvalue weighted by molar-refractivity contribution is 7.71. The molecule has 18 heavy (non-hydrogen) atoms. The van der Waals surface area contributed by atoms with Gasteiger partial charge in [-0.3, -0.25) is 0 Å². The first-order valence-corrected chi connectivity index (χ1v) is 6.45. The van der Waals surface area contributed by atoms with Crippen LogP contribution in [0.25, 0.3) is 11.0 Å². The molecule has 1 aromatic heterocycles. The summed E-state index contributed by atoms with van der Waals surface area (Å²) in [6, 6.07) is 2.33. The maximum absolute atomic E-state index is 13.7. The zero-order valence-electron chi connectivity index (χ0n) is 10.6. The summed E-state index contributed by atoms with van der Waals surface area (Å²) in [5.41, 5.74) is 0.776. The van der Waals surface area contributed by atoms with E-state index in [0.717, 1.165) is 12.5 Å². The maximum atomic E-state index is 13.7. The Morgan fingerprint density at radius 2 is 2.00 bits per heavy atom. The number of H-pyrrole nitrogens is 1. The maximum Gasteiger partial charge on any atom is 0.178 e. The molecule has 5 heteroatoms. The van der Waals surface area contributed by atoms with Crippen molar-refractivity contribution in [1.82, 2.24) is 9.55 Å². The predicted octanol–water partition coefficient (Wildman–Crippen LogP) is 4.58. The average Bonchev–Trinajstić information content (AvgIpc) is 2.58. The van der Waals surface area contributed by atoms with Crippen LogP contribution in [0.1, 0.15) is 33.2 Å². The monoisotopic (exact) mass is 270 g/mol. The van der Waals surface area contributed by atoms with Crippen LogP contribution in [-0.2, 0) is 0 Å². The first-order valence-electron chi connectivity index (χ1n) is 6.05. The van der Waals surface area contributed by atoms with Crippen molar-refractivity contribution in [3.8, 4) is 0 Å². The summed E-state index contributed by atoms with van der Waals surface area (Å²) in [7, 11) is 0. The Hall–Kier alpha value is -1.23. The van der Waals surface area contributed by atoms with Crippen molar-refractivity contribution in [3.05, 3.63) is 28.5 Å². The smallest absolute Gasteiger partial charge is 0.178 e. The van der Waals surface area contributed by atoms with Gasteiger partial charge in [0.05, 0.1) is 5.52 Å². The number of hydrogen-bond donors (Lipinski definition) is 1. The quantitative estimate of drug-likeness (QED) is 0.809. The van der Waals surface area contributed by atoms with Crippen molar-refractivity contribution in [2.24, 2.45) is 5.92 Å². The largest absolute Gasteiger partial charge is 0.328 e. The molecule has 1 heterocycles. The number of imidazole rings is 1. The lowest BCUT2D eigenvalue weighted by molar-refractivity contribution is 0.370. The van der Waals surface area contributed by atoms with E-state index in [1.165, 1.54) is 6.07 Å². The number of benzene rings is 1. The number of hydrogen-bond acceptors (Lipinski definition) is 1. The summed E-state index contributed by atoms with van der Waals surface area (Å²) in [6.07, 6.45) is 0.858. The number of nitrogens with one attached hydrogen (secondary N) is 1. The fourth-order valence-electron chi connectivity index (χ4n) is 2.43. The van der Waals surface area contributed by atoms with Crippen LogP contribution in [0.4, 0.5) is 8.78 Å². The van der Waals surface area contributed by atoms with E-state index in [2.05, 4.69) is 18.8 Å². The van der Waals surface area contributed by atoms with Gasteiger partial charge in [-0.15, -0.1) is 0 Å². The van der Waals surface area contributed by atoms with E-state index in [4.69, 9.17) is 12.2 Å². The van der Waals surface area contributed by atoms with Gasteiger partial charge >= 0.3 is 0 Å². The Balaban J connectivity index is 2.78. The zero-order chi connectivity index (χ0) is 13.4. The first-order chi connectivity index (χ1) is 8.45. The lowest BCUT2D eigenvalue weighted by atomic mass is 10.0. The standard InChI is InChI=1S/C13H16F2N2S/c1-4-10(7(2)3)17-11-6-8(14)5-9(15)12(11)16-13(17)18/h5-7,10H,4H2,1-3H3,(H,16,18). The van der Waals surface area contributed by atoms with Crippen LogP contribution in [0.3, 0.4) is 0 Å². The Morgan fingerprint density at radius 3 is 2.56 bits per heavy atom. The first kappa shape index (κ1) is 13.2. The van der Waals surface area contributed by atoms with Gasteiger partial charge in [0.15, 0.2) is 10.6 Å². The molecule has 0 bridgehead atoms.